The average Bonchev–Trinajstić information content (AvgIpc) is 2.86. The molecular weight excluding hydrogens is 475 g/mol. The Kier molecular flexibility index (Phi) is 7.58. The number of carbonyl (C=O) groups is 1. The summed E-state index contributed by atoms with van der Waals surface area (Å²) in [5, 5.41) is 3.41. The summed E-state index contributed by atoms with van der Waals surface area (Å²) in [7, 11) is 3.16. The molecule has 0 aliphatic carbocycles. The van der Waals surface area contributed by atoms with Gasteiger partial charge in [0.25, 0.3) is 17.9 Å². The molecule has 1 aliphatic heterocycles. The lowest BCUT2D eigenvalue weighted by Crippen LogP contribution is -2.42. The summed E-state index contributed by atoms with van der Waals surface area (Å²) in [5.74, 6) is -0.760. The lowest BCUT2D eigenvalue weighted by molar-refractivity contribution is 0.0611. The molecule has 1 saturated heterocycles. The van der Waals surface area contributed by atoms with Gasteiger partial charge in [-0.2, -0.15) is 0 Å². The van der Waals surface area contributed by atoms with Gasteiger partial charge in [0.1, 0.15) is 29.2 Å². The predicted octanol–water partition coefficient (Wildman–Crippen LogP) is 4.08. The van der Waals surface area contributed by atoms with Crippen molar-refractivity contribution < 1.29 is 22.7 Å². The van der Waals surface area contributed by atoms with E-state index in [1.165, 1.54) is 36.1 Å². The number of methoxy groups -OCH3 is 1. The average molecular weight is 504 g/mol. The predicted molar refractivity (Wildman–Crippen MR) is 129 cm³/mol. The van der Waals surface area contributed by atoms with Crippen LogP contribution in [0, 0.1) is 11.7 Å². The molecule has 1 atom stereocenters. The van der Waals surface area contributed by atoms with E-state index < -0.39 is 29.4 Å². The summed E-state index contributed by atoms with van der Waals surface area (Å²) >= 11 is 0. The van der Waals surface area contributed by atoms with Gasteiger partial charge in [-0.05, 0) is 31.7 Å². The largest absolute Gasteiger partial charge is 0.384 e. The summed E-state index contributed by atoms with van der Waals surface area (Å²) in [4.78, 5) is 36.4. The highest BCUT2D eigenvalue weighted by atomic mass is 19.3. The molecule has 4 rings (SSSR count). The van der Waals surface area contributed by atoms with Crippen LogP contribution >= 0.6 is 0 Å². The van der Waals surface area contributed by atoms with E-state index >= 15 is 0 Å². The third-order valence-corrected chi connectivity index (χ3v) is 6.65. The van der Waals surface area contributed by atoms with Crippen LogP contribution in [-0.4, -0.2) is 52.1 Å². The van der Waals surface area contributed by atoms with Crippen LogP contribution in [-0.2, 0) is 11.8 Å². The number of benzene rings is 1. The number of nitrogens with zero attached hydrogens (tertiary/aromatic N) is 4. The maximum absolute atomic E-state index is 14.7. The topological polar surface area (TPSA) is 89.3 Å². The zero-order chi connectivity index (χ0) is 26.0. The van der Waals surface area contributed by atoms with Gasteiger partial charge >= 0.3 is 0 Å². The molecule has 0 spiro atoms. The SMILES string of the molecule is COCC1CCN(C(=O)c2cc3c(N[C@H](C)c4cccc(C(F)F)c4F)ncnc3n(C)c2=O)CC1. The summed E-state index contributed by atoms with van der Waals surface area (Å²) in [5.41, 5.74) is -0.869. The van der Waals surface area contributed by atoms with E-state index in [1.54, 1.807) is 18.9 Å². The summed E-state index contributed by atoms with van der Waals surface area (Å²) < 4.78 is 47.5. The Hall–Kier alpha value is -3.47. The number of carbonyl (C=O) groups excluding carboxylic acids is 1. The number of alkyl halides is 2. The van der Waals surface area contributed by atoms with E-state index in [-0.39, 0.29) is 28.5 Å². The van der Waals surface area contributed by atoms with Crippen molar-refractivity contribution in [3.8, 4) is 0 Å². The number of hydrogen-bond donors (Lipinski definition) is 1. The smallest absolute Gasteiger partial charge is 0.266 e. The number of likely N-dealkylation sites (tertiary alicyclic amines) is 1. The van der Waals surface area contributed by atoms with Gasteiger partial charge in [0.2, 0.25) is 0 Å². The molecular formula is C25H28F3N5O3. The molecule has 11 heteroatoms. The number of pyridine rings is 1. The minimum atomic E-state index is -2.94. The molecule has 0 bridgehead atoms. The van der Waals surface area contributed by atoms with Gasteiger partial charge in [0.05, 0.1) is 17.0 Å². The van der Waals surface area contributed by atoms with Crippen molar-refractivity contribution in [2.75, 3.05) is 32.1 Å². The quantitative estimate of drug-likeness (QED) is 0.523. The summed E-state index contributed by atoms with van der Waals surface area (Å²) in [6.45, 7) is 3.27. The molecule has 2 aromatic heterocycles. The number of piperidine rings is 1. The van der Waals surface area contributed by atoms with Crippen molar-refractivity contribution in [3.63, 3.8) is 0 Å². The van der Waals surface area contributed by atoms with Crippen LogP contribution in [0.15, 0.2) is 35.4 Å². The normalized spacial score (nSPS) is 15.5. The van der Waals surface area contributed by atoms with Gasteiger partial charge in [-0.3, -0.25) is 14.2 Å². The van der Waals surface area contributed by atoms with E-state index in [0.29, 0.717) is 31.0 Å². The standard InChI is InChI=1S/C25H28F3N5O3/c1-14(16-5-4-6-17(20(16)26)21(27)28)31-22-18-11-19(24(34)32(2)23(18)30-13-29-22)25(35)33-9-7-15(8-10-33)12-36-3/h4-6,11,13-15,21H,7-10,12H2,1-3H3,(H,29,30,31)/t14-/m1/s1. The number of aryl methyl sites for hydroxylation is 1. The molecule has 3 aromatic rings. The first-order valence-electron chi connectivity index (χ1n) is 11.7. The fourth-order valence-electron chi connectivity index (χ4n) is 4.60. The maximum atomic E-state index is 14.7. The molecule has 0 unspecified atom stereocenters. The second-order valence-corrected chi connectivity index (χ2v) is 8.99. The van der Waals surface area contributed by atoms with Crippen molar-refractivity contribution in [2.45, 2.75) is 32.2 Å². The Morgan fingerprint density at radius 1 is 1.22 bits per heavy atom. The Bertz CT molecular complexity index is 1320. The number of halogens is 3. The Morgan fingerprint density at radius 3 is 2.58 bits per heavy atom. The van der Waals surface area contributed by atoms with Gasteiger partial charge < -0.3 is 15.0 Å². The molecule has 3 heterocycles. The fourth-order valence-corrected chi connectivity index (χ4v) is 4.60. The zero-order valence-corrected chi connectivity index (χ0v) is 20.3. The van der Waals surface area contributed by atoms with Crippen molar-refractivity contribution in [2.24, 2.45) is 13.0 Å². The Morgan fingerprint density at radius 2 is 1.92 bits per heavy atom. The molecule has 8 nitrogen and oxygen atoms in total. The molecule has 0 radical (unpaired) electrons. The van der Waals surface area contributed by atoms with E-state index in [0.717, 1.165) is 18.9 Å². The molecule has 0 saturated carbocycles. The van der Waals surface area contributed by atoms with Crippen molar-refractivity contribution in [3.05, 3.63) is 63.5 Å². The second kappa shape index (κ2) is 10.7. The van der Waals surface area contributed by atoms with Crippen LogP contribution in [0.25, 0.3) is 11.0 Å². The summed E-state index contributed by atoms with van der Waals surface area (Å²) in [6, 6.07) is 4.54. The second-order valence-electron chi connectivity index (χ2n) is 8.99. The molecule has 1 amide bonds. The third kappa shape index (κ3) is 4.92. The van der Waals surface area contributed by atoms with Crippen LogP contribution in [0.5, 0.6) is 0 Å². The summed E-state index contributed by atoms with van der Waals surface area (Å²) in [6.07, 6.45) is -0.140. The monoisotopic (exact) mass is 503 g/mol. The molecule has 1 N–H and O–H groups in total. The van der Waals surface area contributed by atoms with E-state index in [1.807, 2.05) is 0 Å². The van der Waals surface area contributed by atoms with Crippen molar-refractivity contribution in [1.29, 1.82) is 0 Å². The number of aromatic nitrogens is 3. The number of fused-ring (bicyclic) bond motifs is 1. The number of nitrogens with one attached hydrogen (secondary N) is 1. The first-order valence-corrected chi connectivity index (χ1v) is 11.7. The third-order valence-electron chi connectivity index (χ3n) is 6.65. The Labute approximate surface area is 206 Å². The lowest BCUT2D eigenvalue weighted by Gasteiger charge is -2.31. The number of hydrogen-bond acceptors (Lipinski definition) is 6. The zero-order valence-electron chi connectivity index (χ0n) is 20.3. The number of anilines is 1. The maximum Gasteiger partial charge on any atom is 0.266 e. The first kappa shape index (κ1) is 25.6. The number of amides is 1. The van der Waals surface area contributed by atoms with E-state index in [2.05, 4.69) is 15.3 Å². The molecule has 1 fully saturated rings. The highest BCUT2D eigenvalue weighted by Crippen LogP contribution is 2.30. The van der Waals surface area contributed by atoms with Crippen molar-refractivity contribution in [1.82, 2.24) is 19.4 Å². The van der Waals surface area contributed by atoms with Crippen LogP contribution < -0.4 is 10.9 Å². The van der Waals surface area contributed by atoms with Gasteiger partial charge in [-0.15, -0.1) is 0 Å². The molecule has 1 aliphatic rings. The number of ether oxygens (including phenoxy) is 1. The minimum Gasteiger partial charge on any atom is -0.384 e. The molecule has 1 aromatic carbocycles. The fraction of sp³-hybridized carbons (Fsp3) is 0.440. The van der Waals surface area contributed by atoms with Gasteiger partial charge in [0, 0.05) is 39.4 Å². The van der Waals surface area contributed by atoms with Gasteiger partial charge in [0.15, 0.2) is 0 Å². The van der Waals surface area contributed by atoms with Crippen LogP contribution in [0.2, 0.25) is 0 Å². The van der Waals surface area contributed by atoms with Crippen molar-refractivity contribution >= 4 is 22.8 Å². The van der Waals surface area contributed by atoms with Crippen LogP contribution in [0.4, 0.5) is 19.0 Å². The minimum absolute atomic E-state index is 0.0217. The Balaban J connectivity index is 1.67. The van der Waals surface area contributed by atoms with Gasteiger partial charge in [-0.25, -0.2) is 23.1 Å². The highest BCUT2D eigenvalue weighted by Gasteiger charge is 2.27. The lowest BCUT2D eigenvalue weighted by atomic mass is 9.97. The highest BCUT2D eigenvalue weighted by molar-refractivity contribution is 5.99. The van der Waals surface area contributed by atoms with E-state index in [4.69, 9.17) is 4.74 Å². The molecule has 36 heavy (non-hydrogen) atoms. The van der Waals surface area contributed by atoms with Gasteiger partial charge in [-0.1, -0.05) is 18.2 Å². The van der Waals surface area contributed by atoms with Crippen LogP contribution in [0.3, 0.4) is 0 Å². The molecule has 192 valence electrons. The number of rotatable bonds is 7. The van der Waals surface area contributed by atoms with E-state index in [9.17, 15) is 22.8 Å². The first-order chi connectivity index (χ1) is 17.2. The van der Waals surface area contributed by atoms with Crippen LogP contribution in [0.1, 0.15) is 53.7 Å².